The molecule has 138 valence electrons. The number of nitrogens with one attached hydrogen (secondary N) is 1. The number of hydrogen-bond acceptors (Lipinski definition) is 5. The number of nitro groups is 1. The number of aryl methyl sites for hydroxylation is 1. The largest absolute Gasteiger partial charge is 0.321 e. The van der Waals surface area contributed by atoms with E-state index in [0.717, 1.165) is 34.3 Å². The van der Waals surface area contributed by atoms with Crippen molar-refractivity contribution in [1.29, 1.82) is 0 Å². The van der Waals surface area contributed by atoms with Crippen molar-refractivity contribution in [2.75, 3.05) is 5.32 Å². The average Bonchev–Trinajstić information content (AvgIpc) is 2.92. The number of hydrogen-bond donors (Lipinski definition) is 1. The van der Waals surface area contributed by atoms with E-state index in [1.165, 1.54) is 0 Å². The summed E-state index contributed by atoms with van der Waals surface area (Å²) in [6, 6.07) is 11.6. The van der Waals surface area contributed by atoms with Crippen LogP contribution in [0.3, 0.4) is 0 Å². The zero-order chi connectivity index (χ0) is 19.6. The molecule has 0 unspecified atom stereocenters. The van der Waals surface area contributed by atoms with Gasteiger partial charge in [0.2, 0.25) is 5.91 Å². The Bertz CT molecular complexity index is 1070. The highest BCUT2D eigenvalue weighted by Crippen LogP contribution is 2.22. The zero-order valence-corrected chi connectivity index (χ0v) is 14.7. The van der Waals surface area contributed by atoms with Crippen molar-refractivity contribution >= 4 is 17.3 Å². The van der Waals surface area contributed by atoms with E-state index in [0.29, 0.717) is 11.4 Å². The second-order valence-electron chi connectivity index (χ2n) is 5.95. The quantitative estimate of drug-likeness (QED) is 0.549. The molecule has 2 heterocycles. The Morgan fingerprint density at radius 1 is 1.19 bits per heavy atom. The van der Waals surface area contributed by atoms with Crippen LogP contribution in [0.4, 0.5) is 11.4 Å². The Hall–Kier alpha value is -3.75. The predicted octanol–water partition coefficient (Wildman–Crippen LogP) is 2.20. The predicted molar refractivity (Wildman–Crippen MR) is 99.0 cm³/mol. The molecule has 1 N–H and O–H groups in total. The van der Waals surface area contributed by atoms with E-state index in [2.05, 4.69) is 10.4 Å². The summed E-state index contributed by atoms with van der Waals surface area (Å²) in [5.74, 6) is -0.476. The zero-order valence-electron chi connectivity index (χ0n) is 14.7. The molecule has 0 saturated heterocycles. The molecule has 1 amide bonds. The monoisotopic (exact) mass is 367 g/mol. The molecule has 9 nitrogen and oxygen atoms in total. The van der Waals surface area contributed by atoms with Crippen molar-refractivity contribution in [2.24, 2.45) is 0 Å². The van der Waals surface area contributed by atoms with Gasteiger partial charge in [-0.3, -0.25) is 24.3 Å². The molecular weight excluding hydrogens is 350 g/mol. The molecule has 0 saturated carbocycles. The molecular formula is C18H17N5O4. The Labute approximate surface area is 154 Å². The van der Waals surface area contributed by atoms with E-state index in [1.54, 1.807) is 11.6 Å². The van der Waals surface area contributed by atoms with Crippen LogP contribution in [0.2, 0.25) is 0 Å². The van der Waals surface area contributed by atoms with Crippen molar-refractivity contribution in [3.8, 4) is 5.69 Å². The van der Waals surface area contributed by atoms with Gasteiger partial charge in [-0.05, 0) is 26.0 Å². The third-order valence-corrected chi connectivity index (χ3v) is 4.05. The highest BCUT2D eigenvalue weighted by Gasteiger charge is 2.16. The van der Waals surface area contributed by atoms with Crippen molar-refractivity contribution in [3.63, 3.8) is 0 Å². The fourth-order valence-corrected chi connectivity index (χ4v) is 2.73. The summed E-state index contributed by atoms with van der Waals surface area (Å²) in [5, 5.41) is 18.0. The molecule has 0 aliphatic rings. The van der Waals surface area contributed by atoms with Crippen LogP contribution in [-0.2, 0) is 11.3 Å². The van der Waals surface area contributed by atoms with Gasteiger partial charge in [-0.15, -0.1) is 0 Å². The third kappa shape index (κ3) is 3.76. The maximum atomic E-state index is 12.4. The van der Waals surface area contributed by atoms with E-state index >= 15 is 0 Å². The normalized spacial score (nSPS) is 10.6. The molecule has 0 bridgehead atoms. The van der Waals surface area contributed by atoms with E-state index in [1.807, 2.05) is 37.3 Å². The molecule has 0 aliphatic carbocycles. The molecule has 1 aromatic carbocycles. The second kappa shape index (κ2) is 7.24. The van der Waals surface area contributed by atoms with Crippen LogP contribution in [0, 0.1) is 24.0 Å². The fourth-order valence-electron chi connectivity index (χ4n) is 2.73. The second-order valence-corrected chi connectivity index (χ2v) is 5.95. The van der Waals surface area contributed by atoms with Crippen molar-refractivity contribution in [2.45, 2.75) is 20.4 Å². The van der Waals surface area contributed by atoms with Crippen LogP contribution in [0.1, 0.15) is 11.4 Å². The molecule has 3 rings (SSSR count). The number of carbonyl (C=O) groups is 1. The Morgan fingerprint density at radius 2 is 1.89 bits per heavy atom. The Morgan fingerprint density at radius 3 is 2.56 bits per heavy atom. The van der Waals surface area contributed by atoms with Crippen molar-refractivity contribution < 1.29 is 9.72 Å². The van der Waals surface area contributed by atoms with Gasteiger partial charge in [0.1, 0.15) is 6.54 Å². The molecule has 0 radical (unpaired) electrons. The van der Waals surface area contributed by atoms with Crippen LogP contribution >= 0.6 is 0 Å². The van der Waals surface area contributed by atoms with Crippen LogP contribution < -0.4 is 10.9 Å². The van der Waals surface area contributed by atoms with E-state index < -0.39 is 16.4 Å². The maximum Gasteiger partial charge on any atom is 0.285 e. The lowest BCUT2D eigenvalue weighted by Gasteiger charge is -2.08. The number of aromatic nitrogens is 3. The van der Waals surface area contributed by atoms with Gasteiger partial charge in [0.05, 0.1) is 33.9 Å². The first-order chi connectivity index (χ1) is 12.9. The van der Waals surface area contributed by atoms with Gasteiger partial charge in [0, 0.05) is 12.1 Å². The van der Waals surface area contributed by atoms with Crippen LogP contribution in [0.25, 0.3) is 5.69 Å². The van der Waals surface area contributed by atoms with Gasteiger partial charge in [-0.25, -0.2) is 4.68 Å². The fraction of sp³-hybridized carbons (Fsp3) is 0.167. The molecule has 27 heavy (non-hydrogen) atoms. The Kier molecular flexibility index (Phi) is 4.84. The summed E-state index contributed by atoms with van der Waals surface area (Å²) in [4.78, 5) is 34.5. The third-order valence-electron chi connectivity index (χ3n) is 4.05. The SMILES string of the molecule is Cc1nn(-c2ccccc2)c(C)c1NC(=O)Cn1cc([N+](=O)[O-])ccc1=O. The summed E-state index contributed by atoms with van der Waals surface area (Å²) in [7, 11) is 0. The number of para-hydroxylation sites is 1. The minimum Gasteiger partial charge on any atom is -0.321 e. The van der Waals surface area contributed by atoms with E-state index in [9.17, 15) is 19.7 Å². The Balaban J connectivity index is 1.83. The number of benzene rings is 1. The molecule has 3 aromatic rings. The summed E-state index contributed by atoms with van der Waals surface area (Å²) < 4.78 is 2.71. The smallest absolute Gasteiger partial charge is 0.285 e. The first-order valence-electron chi connectivity index (χ1n) is 8.13. The van der Waals surface area contributed by atoms with Gasteiger partial charge >= 0.3 is 0 Å². The number of carbonyl (C=O) groups excluding carboxylic acids is 1. The maximum absolute atomic E-state index is 12.4. The number of amides is 1. The topological polar surface area (TPSA) is 112 Å². The van der Waals surface area contributed by atoms with Crippen LogP contribution in [-0.4, -0.2) is 25.2 Å². The van der Waals surface area contributed by atoms with Gasteiger partial charge in [-0.2, -0.15) is 5.10 Å². The highest BCUT2D eigenvalue weighted by atomic mass is 16.6. The number of pyridine rings is 1. The molecule has 0 fully saturated rings. The molecule has 0 aliphatic heterocycles. The number of anilines is 1. The first-order valence-corrected chi connectivity index (χ1v) is 8.13. The molecule has 0 atom stereocenters. The van der Waals surface area contributed by atoms with E-state index in [-0.39, 0.29) is 12.2 Å². The molecule has 0 spiro atoms. The first kappa shape index (κ1) is 18.1. The molecule has 9 heteroatoms. The van der Waals surface area contributed by atoms with Crippen molar-refractivity contribution in [3.05, 3.63) is 80.5 Å². The van der Waals surface area contributed by atoms with Gasteiger partial charge < -0.3 is 5.32 Å². The lowest BCUT2D eigenvalue weighted by atomic mass is 10.3. The highest BCUT2D eigenvalue weighted by molar-refractivity contribution is 5.91. The summed E-state index contributed by atoms with van der Waals surface area (Å²) in [6.07, 6.45) is 1.05. The number of nitrogens with zero attached hydrogens (tertiary/aromatic N) is 4. The van der Waals surface area contributed by atoms with Gasteiger partial charge in [0.25, 0.3) is 11.2 Å². The van der Waals surface area contributed by atoms with Gasteiger partial charge in [0.15, 0.2) is 0 Å². The minimum atomic E-state index is -0.619. The molecule has 2 aromatic heterocycles. The average molecular weight is 367 g/mol. The van der Waals surface area contributed by atoms with Gasteiger partial charge in [-0.1, -0.05) is 18.2 Å². The summed E-state index contributed by atoms with van der Waals surface area (Å²) in [5.41, 5.74) is 2.00. The number of rotatable bonds is 5. The lowest BCUT2D eigenvalue weighted by molar-refractivity contribution is -0.385. The van der Waals surface area contributed by atoms with Crippen LogP contribution in [0.15, 0.2) is 53.5 Å². The van der Waals surface area contributed by atoms with Crippen LogP contribution in [0.5, 0.6) is 0 Å². The summed E-state index contributed by atoms with van der Waals surface area (Å²) >= 11 is 0. The lowest BCUT2D eigenvalue weighted by Crippen LogP contribution is -2.27. The van der Waals surface area contributed by atoms with E-state index in [4.69, 9.17) is 0 Å². The standard InChI is InChI=1S/C18H17N5O4/c1-12-18(13(2)22(20-12)14-6-4-3-5-7-14)19-16(24)11-21-10-15(23(26)27)8-9-17(21)25/h3-10H,11H2,1-2H3,(H,19,24). The van der Waals surface area contributed by atoms with Crippen molar-refractivity contribution in [1.82, 2.24) is 14.3 Å². The summed E-state index contributed by atoms with van der Waals surface area (Å²) in [6.45, 7) is 3.25. The minimum absolute atomic E-state index is 0.258.